The van der Waals surface area contributed by atoms with Gasteiger partial charge in [-0.25, -0.2) is 0 Å². The average molecular weight is 343 g/mol. The highest BCUT2D eigenvalue weighted by Crippen LogP contribution is 2.47. The molecule has 0 radical (unpaired) electrons. The summed E-state index contributed by atoms with van der Waals surface area (Å²) in [6.45, 7) is 0.998. The second kappa shape index (κ2) is 7.45. The molecule has 1 aliphatic carbocycles. The molecule has 0 unspecified atom stereocenters. The van der Waals surface area contributed by atoms with Gasteiger partial charge in [-0.2, -0.15) is 0 Å². The largest absolute Gasteiger partial charge is 0.505 e. The Balaban J connectivity index is 2.22. The van der Waals surface area contributed by atoms with E-state index in [1.807, 2.05) is 0 Å². The van der Waals surface area contributed by atoms with Crippen molar-refractivity contribution < 1.29 is 34.0 Å². The normalized spacial score (nSPS) is 13.3. The number of ketones is 2. The standard InChI is InChI=1S/C15H15ClO7/c1-21-4-5-22-6-7-23-15-12(16)13(19)10-8(17)2-3-9(18)11(10)14(15)20/h2-3,19-20H,4-7H2,1H3. The molecule has 0 fully saturated rings. The van der Waals surface area contributed by atoms with Crippen LogP contribution in [-0.2, 0) is 9.47 Å². The highest BCUT2D eigenvalue weighted by molar-refractivity contribution is 6.36. The number of hydrogen-bond donors (Lipinski definition) is 2. The third-order valence-electron chi connectivity index (χ3n) is 3.13. The molecular formula is C15H15ClO7. The second-order valence-electron chi connectivity index (χ2n) is 4.61. The molecule has 7 nitrogen and oxygen atoms in total. The molecule has 0 saturated heterocycles. The Hall–Kier alpha value is -2.09. The van der Waals surface area contributed by atoms with E-state index in [1.54, 1.807) is 7.11 Å². The Morgan fingerprint density at radius 2 is 1.52 bits per heavy atom. The van der Waals surface area contributed by atoms with Crippen molar-refractivity contribution >= 4 is 23.2 Å². The van der Waals surface area contributed by atoms with Crippen molar-refractivity contribution in [3.05, 3.63) is 28.3 Å². The maximum absolute atomic E-state index is 11.9. The number of fused-ring (bicyclic) bond motifs is 1. The van der Waals surface area contributed by atoms with E-state index in [0.717, 1.165) is 12.2 Å². The summed E-state index contributed by atoms with van der Waals surface area (Å²) in [5, 5.41) is 19.9. The number of phenols is 2. The lowest BCUT2D eigenvalue weighted by molar-refractivity contribution is 0.0539. The molecule has 124 valence electrons. The number of methoxy groups -OCH3 is 1. The molecule has 1 aromatic rings. The van der Waals surface area contributed by atoms with Gasteiger partial charge in [0.15, 0.2) is 23.1 Å². The van der Waals surface area contributed by atoms with Gasteiger partial charge in [-0.05, 0) is 12.2 Å². The van der Waals surface area contributed by atoms with E-state index >= 15 is 0 Å². The average Bonchev–Trinajstić information content (AvgIpc) is 2.53. The summed E-state index contributed by atoms with van der Waals surface area (Å²) >= 11 is 5.93. The first-order valence-corrected chi connectivity index (χ1v) is 7.10. The third kappa shape index (κ3) is 3.47. The number of aromatic hydroxyl groups is 2. The zero-order valence-electron chi connectivity index (χ0n) is 12.3. The lowest BCUT2D eigenvalue weighted by Gasteiger charge is -2.18. The molecule has 2 N–H and O–H groups in total. The van der Waals surface area contributed by atoms with Crippen LogP contribution in [0.3, 0.4) is 0 Å². The van der Waals surface area contributed by atoms with Gasteiger partial charge in [0.05, 0.1) is 30.9 Å². The van der Waals surface area contributed by atoms with Crippen LogP contribution in [0.4, 0.5) is 0 Å². The van der Waals surface area contributed by atoms with Gasteiger partial charge in [-0.15, -0.1) is 0 Å². The molecule has 0 heterocycles. The Labute approximate surface area is 137 Å². The van der Waals surface area contributed by atoms with Crippen molar-refractivity contribution in [2.24, 2.45) is 0 Å². The zero-order valence-corrected chi connectivity index (χ0v) is 13.1. The molecule has 1 aromatic carbocycles. The highest BCUT2D eigenvalue weighted by atomic mass is 35.5. The van der Waals surface area contributed by atoms with E-state index in [2.05, 4.69) is 0 Å². The molecule has 0 spiro atoms. The Bertz CT molecular complexity index is 667. The van der Waals surface area contributed by atoms with Crippen LogP contribution < -0.4 is 4.74 Å². The van der Waals surface area contributed by atoms with Crippen LogP contribution >= 0.6 is 11.6 Å². The molecule has 0 amide bonds. The Morgan fingerprint density at radius 3 is 2.13 bits per heavy atom. The van der Waals surface area contributed by atoms with Gasteiger partial charge < -0.3 is 24.4 Å². The van der Waals surface area contributed by atoms with Crippen molar-refractivity contribution in [1.29, 1.82) is 0 Å². The van der Waals surface area contributed by atoms with Crippen molar-refractivity contribution in [2.75, 3.05) is 33.5 Å². The van der Waals surface area contributed by atoms with Crippen LogP contribution in [0.1, 0.15) is 20.7 Å². The molecule has 0 atom stereocenters. The zero-order chi connectivity index (χ0) is 17.0. The van der Waals surface area contributed by atoms with Crippen molar-refractivity contribution in [1.82, 2.24) is 0 Å². The number of benzene rings is 1. The van der Waals surface area contributed by atoms with Crippen molar-refractivity contribution in [3.63, 3.8) is 0 Å². The minimum Gasteiger partial charge on any atom is -0.505 e. The van der Waals surface area contributed by atoms with Crippen LogP contribution in [-0.4, -0.2) is 55.3 Å². The van der Waals surface area contributed by atoms with Gasteiger partial charge in [0.2, 0.25) is 0 Å². The van der Waals surface area contributed by atoms with E-state index in [4.69, 9.17) is 25.8 Å². The number of allylic oxidation sites excluding steroid dienone is 2. The van der Waals surface area contributed by atoms with E-state index in [9.17, 15) is 19.8 Å². The van der Waals surface area contributed by atoms with Gasteiger partial charge in [0.25, 0.3) is 0 Å². The maximum atomic E-state index is 11.9. The van der Waals surface area contributed by atoms with E-state index in [1.165, 1.54) is 0 Å². The number of halogens is 1. The van der Waals surface area contributed by atoms with Gasteiger partial charge in [-0.1, -0.05) is 11.6 Å². The Kier molecular flexibility index (Phi) is 5.59. The first-order chi connectivity index (χ1) is 11.0. The molecule has 8 heteroatoms. The fraction of sp³-hybridized carbons (Fsp3) is 0.333. The van der Waals surface area contributed by atoms with Gasteiger partial charge in [0.1, 0.15) is 17.4 Å². The van der Waals surface area contributed by atoms with Gasteiger partial charge in [-0.3, -0.25) is 9.59 Å². The maximum Gasteiger partial charge on any atom is 0.190 e. The molecule has 2 rings (SSSR count). The molecular weight excluding hydrogens is 328 g/mol. The quantitative estimate of drug-likeness (QED) is 0.574. The fourth-order valence-electron chi connectivity index (χ4n) is 2.05. The number of carbonyl (C=O) groups excluding carboxylic acids is 2. The predicted molar refractivity (Wildman–Crippen MR) is 80.8 cm³/mol. The second-order valence-corrected chi connectivity index (χ2v) is 4.98. The topological polar surface area (TPSA) is 102 Å². The number of carbonyl (C=O) groups is 2. The summed E-state index contributed by atoms with van der Waals surface area (Å²) in [6.07, 6.45) is 2.01. The predicted octanol–water partition coefficient (Wildman–Crippen LogP) is 1.73. The van der Waals surface area contributed by atoms with Gasteiger partial charge >= 0.3 is 0 Å². The van der Waals surface area contributed by atoms with Crippen molar-refractivity contribution in [3.8, 4) is 17.2 Å². The molecule has 0 aliphatic heterocycles. The summed E-state index contributed by atoms with van der Waals surface area (Å²) in [4.78, 5) is 23.7. The monoisotopic (exact) mass is 342 g/mol. The lowest BCUT2D eigenvalue weighted by Crippen LogP contribution is -2.14. The van der Waals surface area contributed by atoms with E-state index in [0.29, 0.717) is 13.2 Å². The SMILES string of the molecule is COCCOCCOc1c(O)c2c(c(O)c1Cl)C(=O)C=CC2=O. The number of ether oxygens (including phenoxy) is 3. The lowest BCUT2D eigenvalue weighted by atomic mass is 9.92. The first kappa shape index (κ1) is 17.3. The smallest absolute Gasteiger partial charge is 0.190 e. The molecule has 23 heavy (non-hydrogen) atoms. The van der Waals surface area contributed by atoms with Crippen LogP contribution in [0.25, 0.3) is 0 Å². The van der Waals surface area contributed by atoms with Crippen LogP contribution in [0, 0.1) is 0 Å². The Morgan fingerprint density at radius 1 is 0.957 bits per heavy atom. The van der Waals surface area contributed by atoms with Gasteiger partial charge in [0, 0.05) is 7.11 Å². The third-order valence-corrected chi connectivity index (χ3v) is 3.48. The van der Waals surface area contributed by atoms with E-state index < -0.39 is 23.1 Å². The molecule has 0 aromatic heterocycles. The van der Waals surface area contributed by atoms with Crippen molar-refractivity contribution in [2.45, 2.75) is 0 Å². The first-order valence-electron chi connectivity index (χ1n) is 6.72. The summed E-state index contributed by atoms with van der Waals surface area (Å²) in [6, 6.07) is 0. The number of phenolic OH excluding ortho intramolecular Hbond substituents is 2. The summed E-state index contributed by atoms with van der Waals surface area (Å²) in [7, 11) is 1.54. The molecule has 0 bridgehead atoms. The summed E-state index contributed by atoms with van der Waals surface area (Å²) in [5.41, 5.74) is -0.654. The minimum absolute atomic E-state index is 0.0210. The fourth-order valence-corrected chi connectivity index (χ4v) is 2.29. The molecule has 1 aliphatic rings. The highest BCUT2D eigenvalue weighted by Gasteiger charge is 2.32. The van der Waals surface area contributed by atoms with E-state index in [-0.39, 0.29) is 35.1 Å². The number of hydrogen-bond acceptors (Lipinski definition) is 7. The van der Waals surface area contributed by atoms with Crippen LogP contribution in [0.5, 0.6) is 17.2 Å². The minimum atomic E-state index is -0.622. The summed E-state index contributed by atoms with van der Waals surface area (Å²) in [5.74, 6) is -2.69. The number of rotatable bonds is 7. The van der Waals surface area contributed by atoms with Crippen LogP contribution in [0.2, 0.25) is 5.02 Å². The van der Waals surface area contributed by atoms with Crippen LogP contribution in [0.15, 0.2) is 12.2 Å². The summed E-state index contributed by atoms with van der Waals surface area (Å²) < 4.78 is 15.3. The molecule has 0 saturated carbocycles.